The Morgan fingerprint density at radius 3 is 2.81 bits per heavy atom. The van der Waals surface area contributed by atoms with Crippen molar-refractivity contribution in [2.75, 3.05) is 26.3 Å². The number of nitrogens with zero attached hydrogens (tertiary/aromatic N) is 1. The van der Waals surface area contributed by atoms with Gasteiger partial charge in [0.25, 0.3) is 0 Å². The zero-order chi connectivity index (χ0) is 11.8. The van der Waals surface area contributed by atoms with Gasteiger partial charge in [-0.25, -0.2) is 0 Å². The van der Waals surface area contributed by atoms with Gasteiger partial charge in [-0.3, -0.25) is 4.90 Å². The van der Waals surface area contributed by atoms with Crippen LogP contribution in [0.4, 0.5) is 0 Å². The van der Waals surface area contributed by atoms with Gasteiger partial charge in [0.2, 0.25) is 0 Å². The first-order chi connectivity index (χ1) is 7.83. The lowest BCUT2D eigenvalue weighted by Crippen LogP contribution is -2.52. The summed E-state index contributed by atoms with van der Waals surface area (Å²) >= 11 is 0. The average Bonchev–Trinajstić information content (AvgIpc) is 2.35. The summed E-state index contributed by atoms with van der Waals surface area (Å²) in [7, 11) is 0. The number of hydrogen-bond donors (Lipinski definition) is 1. The van der Waals surface area contributed by atoms with Crippen molar-refractivity contribution in [3.8, 4) is 0 Å². The van der Waals surface area contributed by atoms with Gasteiger partial charge in [-0.05, 0) is 12.8 Å². The molecule has 0 aromatic carbocycles. The quantitative estimate of drug-likeness (QED) is 0.677. The molecule has 2 N–H and O–H groups in total. The van der Waals surface area contributed by atoms with Crippen LogP contribution in [0.25, 0.3) is 0 Å². The summed E-state index contributed by atoms with van der Waals surface area (Å²) in [5.74, 6) is 0. The van der Waals surface area contributed by atoms with E-state index in [0.717, 1.165) is 26.3 Å². The minimum Gasteiger partial charge on any atom is -0.378 e. The Balaban J connectivity index is 2.41. The maximum atomic E-state index is 5.92. The zero-order valence-electron chi connectivity index (χ0n) is 11.0. The fraction of sp³-hybridized carbons (Fsp3) is 1.00. The molecule has 0 radical (unpaired) electrons. The SMILES string of the molecule is CCCCCC(CN)N1CCOCC1CC. The summed E-state index contributed by atoms with van der Waals surface area (Å²) in [5, 5.41) is 0. The Hall–Kier alpha value is -0.120. The van der Waals surface area contributed by atoms with Crippen molar-refractivity contribution in [2.45, 2.75) is 58.0 Å². The number of unbranched alkanes of at least 4 members (excludes halogenated alkanes) is 2. The van der Waals surface area contributed by atoms with Gasteiger partial charge in [0.05, 0.1) is 13.2 Å². The second-order valence-corrected chi connectivity index (χ2v) is 4.76. The van der Waals surface area contributed by atoms with Crippen molar-refractivity contribution in [3.63, 3.8) is 0 Å². The number of morpholine rings is 1. The molecule has 3 heteroatoms. The summed E-state index contributed by atoms with van der Waals surface area (Å²) in [5.41, 5.74) is 5.92. The molecule has 16 heavy (non-hydrogen) atoms. The lowest BCUT2D eigenvalue weighted by Gasteiger charge is -2.40. The van der Waals surface area contributed by atoms with E-state index in [1.807, 2.05) is 0 Å². The molecule has 1 aliphatic rings. The molecular formula is C13H28N2O. The molecule has 0 saturated carbocycles. The first-order valence-corrected chi connectivity index (χ1v) is 6.87. The molecule has 0 bridgehead atoms. The topological polar surface area (TPSA) is 38.5 Å². The lowest BCUT2D eigenvalue weighted by molar-refractivity contribution is -0.0302. The molecule has 2 atom stereocenters. The molecule has 1 rings (SSSR count). The second-order valence-electron chi connectivity index (χ2n) is 4.76. The van der Waals surface area contributed by atoms with Gasteiger partial charge in [-0.1, -0.05) is 33.1 Å². The third kappa shape index (κ3) is 4.04. The van der Waals surface area contributed by atoms with Gasteiger partial charge in [-0.15, -0.1) is 0 Å². The largest absolute Gasteiger partial charge is 0.378 e. The molecule has 0 spiro atoms. The van der Waals surface area contributed by atoms with E-state index in [4.69, 9.17) is 10.5 Å². The Morgan fingerprint density at radius 1 is 1.38 bits per heavy atom. The van der Waals surface area contributed by atoms with Gasteiger partial charge in [0.15, 0.2) is 0 Å². The summed E-state index contributed by atoms with van der Waals surface area (Å²) in [6, 6.07) is 1.16. The van der Waals surface area contributed by atoms with Crippen LogP contribution in [-0.4, -0.2) is 43.3 Å². The van der Waals surface area contributed by atoms with Gasteiger partial charge < -0.3 is 10.5 Å². The van der Waals surface area contributed by atoms with E-state index in [9.17, 15) is 0 Å². The number of nitrogens with two attached hydrogens (primary N) is 1. The van der Waals surface area contributed by atoms with E-state index in [-0.39, 0.29) is 0 Å². The van der Waals surface area contributed by atoms with E-state index in [1.54, 1.807) is 0 Å². The van der Waals surface area contributed by atoms with E-state index in [1.165, 1.54) is 32.1 Å². The van der Waals surface area contributed by atoms with Crippen LogP contribution < -0.4 is 5.73 Å². The molecule has 1 heterocycles. The van der Waals surface area contributed by atoms with Crippen molar-refractivity contribution in [2.24, 2.45) is 5.73 Å². The van der Waals surface area contributed by atoms with Crippen LogP contribution in [0.2, 0.25) is 0 Å². The third-order valence-electron chi connectivity index (χ3n) is 3.63. The summed E-state index contributed by atoms with van der Waals surface area (Å²) in [6.07, 6.45) is 6.35. The summed E-state index contributed by atoms with van der Waals surface area (Å²) < 4.78 is 5.54. The van der Waals surface area contributed by atoms with Crippen LogP contribution >= 0.6 is 0 Å². The Bertz CT molecular complexity index is 175. The van der Waals surface area contributed by atoms with Crippen LogP contribution in [0, 0.1) is 0 Å². The van der Waals surface area contributed by atoms with Crippen molar-refractivity contribution < 1.29 is 4.74 Å². The molecule has 0 amide bonds. The average molecular weight is 228 g/mol. The predicted molar refractivity (Wildman–Crippen MR) is 68.6 cm³/mol. The first kappa shape index (κ1) is 13.9. The van der Waals surface area contributed by atoms with Crippen molar-refractivity contribution in [3.05, 3.63) is 0 Å². The third-order valence-corrected chi connectivity index (χ3v) is 3.63. The molecule has 1 aliphatic heterocycles. The Labute approximate surface area is 100 Å². The van der Waals surface area contributed by atoms with Crippen molar-refractivity contribution >= 4 is 0 Å². The van der Waals surface area contributed by atoms with E-state index in [2.05, 4.69) is 18.7 Å². The molecular weight excluding hydrogens is 200 g/mol. The Morgan fingerprint density at radius 2 is 2.19 bits per heavy atom. The van der Waals surface area contributed by atoms with E-state index >= 15 is 0 Å². The number of rotatable bonds is 7. The van der Waals surface area contributed by atoms with Gasteiger partial charge in [-0.2, -0.15) is 0 Å². The van der Waals surface area contributed by atoms with Crippen LogP contribution in [0.1, 0.15) is 46.0 Å². The van der Waals surface area contributed by atoms with Crippen LogP contribution in [-0.2, 0) is 4.74 Å². The molecule has 2 unspecified atom stereocenters. The highest BCUT2D eigenvalue weighted by Crippen LogP contribution is 2.17. The molecule has 3 nitrogen and oxygen atoms in total. The maximum absolute atomic E-state index is 5.92. The van der Waals surface area contributed by atoms with E-state index in [0.29, 0.717) is 12.1 Å². The van der Waals surface area contributed by atoms with Crippen LogP contribution in [0.3, 0.4) is 0 Å². The molecule has 0 aliphatic carbocycles. The summed E-state index contributed by atoms with van der Waals surface area (Å²) in [6.45, 7) is 8.11. The van der Waals surface area contributed by atoms with Gasteiger partial charge in [0.1, 0.15) is 0 Å². The van der Waals surface area contributed by atoms with Crippen molar-refractivity contribution in [1.29, 1.82) is 0 Å². The van der Waals surface area contributed by atoms with Gasteiger partial charge in [0, 0.05) is 25.2 Å². The molecule has 0 aromatic rings. The molecule has 0 aromatic heterocycles. The minimum atomic E-state index is 0.570. The predicted octanol–water partition coefficient (Wildman–Crippen LogP) is 2.00. The van der Waals surface area contributed by atoms with Crippen LogP contribution in [0.5, 0.6) is 0 Å². The van der Waals surface area contributed by atoms with Crippen molar-refractivity contribution in [1.82, 2.24) is 4.90 Å². The summed E-state index contributed by atoms with van der Waals surface area (Å²) in [4.78, 5) is 2.58. The highest BCUT2D eigenvalue weighted by molar-refractivity contribution is 4.81. The Kier molecular flexibility index (Phi) is 7.01. The maximum Gasteiger partial charge on any atom is 0.0622 e. The first-order valence-electron chi connectivity index (χ1n) is 6.87. The highest BCUT2D eigenvalue weighted by atomic mass is 16.5. The minimum absolute atomic E-state index is 0.570. The zero-order valence-corrected chi connectivity index (χ0v) is 11.0. The molecule has 96 valence electrons. The number of ether oxygens (including phenoxy) is 1. The van der Waals surface area contributed by atoms with Crippen LogP contribution in [0.15, 0.2) is 0 Å². The highest BCUT2D eigenvalue weighted by Gasteiger charge is 2.26. The van der Waals surface area contributed by atoms with E-state index < -0.39 is 0 Å². The second kappa shape index (κ2) is 8.04. The standard InChI is InChI=1S/C13H28N2O/c1-3-5-6-7-13(10-14)15-8-9-16-11-12(15)4-2/h12-13H,3-11,14H2,1-2H3. The molecule has 1 saturated heterocycles. The lowest BCUT2D eigenvalue weighted by atomic mass is 10.0. The van der Waals surface area contributed by atoms with Gasteiger partial charge >= 0.3 is 0 Å². The number of hydrogen-bond acceptors (Lipinski definition) is 3. The fourth-order valence-corrected chi connectivity index (χ4v) is 2.55. The fourth-order valence-electron chi connectivity index (χ4n) is 2.55. The smallest absolute Gasteiger partial charge is 0.0622 e. The normalized spacial score (nSPS) is 24.6. The monoisotopic (exact) mass is 228 g/mol. The molecule has 1 fully saturated rings.